The minimum atomic E-state index is -0.340. The van der Waals surface area contributed by atoms with Crippen molar-refractivity contribution >= 4 is 18.1 Å². The molecule has 2 aliphatic rings. The van der Waals surface area contributed by atoms with E-state index < -0.39 is 0 Å². The highest BCUT2D eigenvalue weighted by molar-refractivity contribution is 5.94. The lowest BCUT2D eigenvalue weighted by Gasteiger charge is -2.57. The zero-order valence-electron chi connectivity index (χ0n) is 19.8. The van der Waals surface area contributed by atoms with Crippen molar-refractivity contribution < 1.29 is 14.3 Å². The minimum absolute atomic E-state index is 0.0561. The van der Waals surface area contributed by atoms with Gasteiger partial charge < -0.3 is 10.0 Å². The smallest absolute Gasteiger partial charge is 0.253 e. The molecule has 0 bridgehead atoms. The topological polar surface area (TPSA) is 43.8 Å². The third kappa shape index (κ3) is 5.07. The molecule has 2 aliphatic heterocycles. The molecule has 180 valence electrons. The Morgan fingerprint density at radius 3 is 2.23 bits per heavy atom. The molecule has 5 rings (SSSR count). The van der Waals surface area contributed by atoms with E-state index in [9.17, 15) is 14.3 Å². The number of amides is 1. The minimum Gasteiger partial charge on any atom is -0.395 e. The van der Waals surface area contributed by atoms with E-state index in [4.69, 9.17) is 0 Å². The molecule has 0 radical (unpaired) electrons. The van der Waals surface area contributed by atoms with Crippen LogP contribution in [-0.4, -0.2) is 59.1 Å². The van der Waals surface area contributed by atoms with Gasteiger partial charge in [0.2, 0.25) is 0 Å². The molecular weight excluding hydrogens is 439 g/mol. The van der Waals surface area contributed by atoms with Crippen LogP contribution >= 0.6 is 0 Å². The van der Waals surface area contributed by atoms with Gasteiger partial charge in [-0.25, -0.2) is 4.39 Å². The lowest BCUT2D eigenvalue weighted by Crippen LogP contribution is -2.67. The maximum atomic E-state index is 13.4. The summed E-state index contributed by atoms with van der Waals surface area (Å²) in [5, 5.41) is 10.2. The molecule has 5 heteroatoms. The maximum Gasteiger partial charge on any atom is 0.253 e. The molecule has 0 unspecified atom stereocenters. The molecule has 0 saturated carbocycles. The number of nitrogens with zero attached hydrogens (tertiary/aromatic N) is 2. The number of rotatable bonds is 5. The monoisotopic (exact) mass is 470 g/mol. The summed E-state index contributed by atoms with van der Waals surface area (Å²) in [4.78, 5) is 17.5. The first-order chi connectivity index (χ1) is 17.1. The fourth-order valence-electron chi connectivity index (χ4n) is 5.49. The predicted octanol–water partition coefficient (Wildman–Crippen LogP) is 5.06. The number of hydrogen-bond donors (Lipinski definition) is 1. The highest BCUT2D eigenvalue weighted by Gasteiger charge is 2.49. The van der Waals surface area contributed by atoms with Gasteiger partial charge in [0.15, 0.2) is 0 Å². The molecule has 0 aromatic heterocycles. The third-order valence-electron chi connectivity index (χ3n) is 7.34. The van der Waals surface area contributed by atoms with Crippen LogP contribution in [-0.2, 0) is 0 Å². The Kier molecular flexibility index (Phi) is 7.07. The fraction of sp³-hybridized carbons (Fsp3) is 0.300. The van der Waals surface area contributed by atoms with Crippen LogP contribution in [0.1, 0.15) is 45.8 Å². The molecule has 3 aromatic rings. The molecule has 2 fully saturated rings. The highest BCUT2D eigenvalue weighted by Crippen LogP contribution is 2.42. The summed E-state index contributed by atoms with van der Waals surface area (Å²) in [5.41, 5.74) is 3.99. The Bertz CT molecular complexity index is 1160. The van der Waals surface area contributed by atoms with Gasteiger partial charge in [-0.2, -0.15) is 0 Å². The quantitative estimate of drug-likeness (QED) is 0.530. The van der Waals surface area contributed by atoms with Crippen molar-refractivity contribution in [2.24, 2.45) is 0 Å². The van der Waals surface area contributed by atoms with Crippen LogP contribution in [0.3, 0.4) is 0 Å². The SMILES string of the molecule is O=C(c1ccc(F)cc1)N1CCCCN2[C@H](CO)[C@@H](c3ccc(/C=C/c4ccccc4)cc3)[C@@H]2C1. The van der Waals surface area contributed by atoms with E-state index in [0.29, 0.717) is 18.7 Å². The van der Waals surface area contributed by atoms with E-state index in [2.05, 4.69) is 53.5 Å². The van der Waals surface area contributed by atoms with Crippen LogP contribution in [0.2, 0.25) is 0 Å². The molecule has 1 amide bonds. The first kappa shape index (κ1) is 23.5. The number of benzene rings is 3. The average molecular weight is 471 g/mol. The van der Waals surface area contributed by atoms with Crippen LogP contribution in [0, 0.1) is 5.82 Å². The van der Waals surface area contributed by atoms with Gasteiger partial charge in [-0.1, -0.05) is 66.7 Å². The van der Waals surface area contributed by atoms with Crippen molar-refractivity contribution in [2.75, 3.05) is 26.2 Å². The van der Waals surface area contributed by atoms with E-state index in [-0.39, 0.29) is 36.3 Å². The molecule has 0 spiro atoms. The van der Waals surface area contributed by atoms with E-state index in [0.717, 1.165) is 30.5 Å². The maximum absolute atomic E-state index is 13.4. The van der Waals surface area contributed by atoms with Gasteiger partial charge >= 0.3 is 0 Å². The number of carbonyl (C=O) groups excluding carboxylic acids is 1. The van der Waals surface area contributed by atoms with E-state index in [1.165, 1.54) is 17.7 Å². The zero-order valence-corrected chi connectivity index (χ0v) is 19.8. The first-order valence-electron chi connectivity index (χ1n) is 12.4. The third-order valence-corrected chi connectivity index (χ3v) is 7.34. The van der Waals surface area contributed by atoms with Crippen molar-refractivity contribution in [1.29, 1.82) is 0 Å². The van der Waals surface area contributed by atoms with Crippen LogP contribution in [0.4, 0.5) is 4.39 Å². The van der Waals surface area contributed by atoms with Gasteiger partial charge in [0.1, 0.15) is 5.82 Å². The number of aliphatic hydroxyl groups is 1. The number of fused-ring (bicyclic) bond motifs is 1. The summed E-state index contributed by atoms with van der Waals surface area (Å²) >= 11 is 0. The number of hydrogen-bond acceptors (Lipinski definition) is 3. The lowest BCUT2D eigenvalue weighted by atomic mass is 9.74. The van der Waals surface area contributed by atoms with Crippen molar-refractivity contribution in [1.82, 2.24) is 9.80 Å². The molecule has 0 aliphatic carbocycles. The summed E-state index contributed by atoms with van der Waals surface area (Å²) in [7, 11) is 0. The number of aliphatic hydroxyl groups excluding tert-OH is 1. The second-order valence-corrected chi connectivity index (χ2v) is 9.46. The molecule has 2 heterocycles. The van der Waals surface area contributed by atoms with Gasteiger partial charge in [-0.3, -0.25) is 9.69 Å². The Labute approximate surface area is 206 Å². The number of halogens is 1. The van der Waals surface area contributed by atoms with Gasteiger partial charge in [-0.05, 0) is 60.3 Å². The van der Waals surface area contributed by atoms with E-state index in [1.54, 1.807) is 12.1 Å². The second kappa shape index (κ2) is 10.5. The summed E-state index contributed by atoms with van der Waals surface area (Å²) in [6, 6.07) is 24.8. The van der Waals surface area contributed by atoms with Crippen molar-refractivity contribution in [3.05, 3.63) is 107 Å². The van der Waals surface area contributed by atoms with Crippen LogP contribution < -0.4 is 0 Å². The van der Waals surface area contributed by atoms with Crippen molar-refractivity contribution in [3.63, 3.8) is 0 Å². The molecule has 3 aromatic carbocycles. The Balaban J connectivity index is 1.34. The van der Waals surface area contributed by atoms with E-state index in [1.807, 2.05) is 23.1 Å². The Morgan fingerprint density at radius 2 is 1.54 bits per heavy atom. The summed E-state index contributed by atoms with van der Waals surface area (Å²) in [6.07, 6.45) is 6.11. The van der Waals surface area contributed by atoms with Crippen LogP contribution in [0.15, 0.2) is 78.9 Å². The molecule has 3 atom stereocenters. The molecule has 1 N–H and O–H groups in total. The predicted molar refractivity (Wildman–Crippen MR) is 137 cm³/mol. The first-order valence-corrected chi connectivity index (χ1v) is 12.4. The summed E-state index contributed by atoms with van der Waals surface area (Å²) in [6.45, 7) is 2.33. The lowest BCUT2D eigenvalue weighted by molar-refractivity contribution is -0.0606. The Hall–Kier alpha value is -3.28. The normalized spacial score (nSPS) is 22.8. The average Bonchev–Trinajstić information content (AvgIpc) is 2.88. The van der Waals surface area contributed by atoms with Crippen LogP contribution in [0.5, 0.6) is 0 Å². The van der Waals surface area contributed by atoms with Crippen molar-refractivity contribution in [2.45, 2.75) is 30.8 Å². The fourth-order valence-corrected chi connectivity index (χ4v) is 5.49. The molecular formula is C30H31FN2O2. The van der Waals surface area contributed by atoms with Gasteiger partial charge in [0, 0.05) is 36.7 Å². The molecule has 35 heavy (non-hydrogen) atoms. The zero-order chi connectivity index (χ0) is 24.2. The number of carbonyl (C=O) groups is 1. The van der Waals surface area contributed by atoms with Crippen molar-refractivity contribution in [3.8, 4) is 0 Å². The largest absolute Gasteiger partial charge is 0.395 e. The van der Waals surface area contributed by atoms with Gasteiger partial charge in [-0.15, -0.1) is 0 Å². The molecule has 4 nitrogen and oxygen atoms in total. The summed E-state index contributed by atoms with van der Waals surface area (Å²) < 4.78 is 13.4. The standard InChI is InChI=1S/C30H31FN2O2/c31-26-16-14-25(15-17-26)30(35)32-18-4-5-19-33-27(20-32)29(28(33)21-34)24-12-10-23(11-13-24)9-8-22-6-2-1-3-7-22/h1-3,6-17,27-29,34H,4-5,18-21H2/b9-8+/t27-,28+,29-/m0/s1. The van der Waals surface area contributed by atoms with Gasteiger partial charge in [0.05, 0.1) is 6.61 Å². The highest BCUT2D eigenvalue weighted by atomic mass is 19.1. The molecule has 2 saturated heterocycles. The summed E-state index contributed by atoms with van der Waals surface area (Å²) in [5.74, 6) is -0.236. The Morgan fingerprint density at radius 1 is 0.886 bits per heavy atom. The van der Waals surface area contributed by atoms with Gasteiger partial charge in [0.25, 0.3) is 5.91 Å². The second-order valence-electron chi connectivity index (χ2n) is 9.46. The van der Waals surface area contributed by atoms with Crippen LogP contribution in [0.25, 0.3) is 12.2 Å². The van der Waals surface area contributed by atoms with E-state index >= 15 is 0 Å².